The van der Waals surface area contributed by atoms with Crippen LogP contribution in [0.15, 0.2) is 67.4 Å². The van der Waals surface area contributed by atoms with Crippen LogP contribution in [0.25, 0.3) is 22.4 Å². The molecule has 10 heteroatoms. The number of hydrogen-bond donors (Lipinski definition) is 2. The molecule has 5 rings (SSSR count). The average Bonchev–Trinajstić information content (AvgIpc) is 3.76. The molecule has 186 valence electrons. The van der Waals surface area contributed by atoms with E-state index in [1.54, 1.807) is 30.6 Å². The Labute approximate surface area is 211 Å². The van der Waals surface area contributed by atoms with E-state index >= 15 is 0 Å². The third-order valence-electron chi connectivity index (χ3n) is 5.97. The SMILES string of the molecule is Cc1ccc(NC(=O)c2ccnc(C(F)F)c2)cc1-c1cncc(-c2cc(NC(=O)C3CC3)ncn2)c1. The van der Waals surface area contributed by atoms with Gasteiger partial charge in [0.05, 0.1) is 5.69 Å². The normalized spacial score (nSPS) is 12.9. The van der Waals surface area contributed by atoms with Gasteiger partial charge in [-0.2, -0.15) is 0 Å². The number of nitrogens with one attached hydrogen (secondary N) is 2. The largest absolute Gasteiger partial charge is 0.322 e. The highest BCUT2D eigenvalue weighted by Gasteiger charge is 2.29. The van der Waals surface area contributed by atoms with Crippen molar-refractivity contribution in [2.24, 2.45) is 5.92 Å². The van der Waals surface area contributed by atoms with Crippen molar-refractivity contribution < 1.29 is 18.4 Å². The van der Waals surface area contributed by atoms with Crippen molar-refractivity contribution >= 4 is 23.3 Å². The molecule has 2 amide bonds. The molecule has 0 unspecified atom stereocenters. The van der Waals surface area contributed by atoms with Gasteiger partial charge in [-0.3, -0.25) is 19.6 Å². The molecule has 0 saturated heterocycles. The number of rotatable bonds is 7. The van der Waals surface area contributed by atoms with Gasteiger partial charge in [0.15, 0.2) is 0 Å². The number of pyridine rings is 2. The number of aromatic nitrogens is 4. The lowest BCUT2D eigenvalue weighted by molar-refractivity contribution is -0.117. The zero-order valence-corrected chi connectivity index (χ0v) is 19.8. The zero-order valence-electron chi connectivity index (χ0n) is 19.8. The van der Waals surface area contributed by atoms with Crippen molar-refractivity contribution in [3.05, 3.63) is 84.2 Å². The van der Waals surface area contributed by atoms with Crippen LogP contribution >= 0.6 is 0 Å². The Morgan fingerprint density at radius 3 is 2.54 bits per heavy atom. The predicted molar refractivity (Wildman–Crippen MR) is 134 cm³/mol. The minimum Gasteiger partial charge on any atom is -0.322 e. The van der Waals surface area contributed by atoms with E-state index in [4.69, 9.17) is 0 Å². The van der Waals surface area contributed by atoms with Crippen LogP contribution in [0.1, 0.15) is 40.9 Å². The summed E-state index contributed by atoms with van der Waals surface area (Å²) in [4.78, 5) is 41.2. The fourth-order valence-corrected chi connectivity index (χ4v) is 3.81. The van der Waals surface area contributed by atoms with Crippen LogP contribution in [0.4, 0.5) is 20.3 Å². The Morgan fingerprint density at radius 2 is 1.76 bits per heavy atom. The highest BCUT2D eigenvalue weighted by atomic mass is 19.3. The topological polar surface area (TPSA) is 110 Å². The molecule has 1 fully saturated rings. The Kier molecular flexibility index (Phi) is 6.63. The molecule has 2 N–H and O–H groups in total. The van der Waals surface area contributed by atoms with E-state index in [9.17, 15) is 18.4 Å². The molecule has 4 aromatic rings. The van der Waals surface area contributed by atoms with E-state index < -0.39 is 18.0 Å². The smallest absolute Gasteiger partial charge is 0.280 e. The Morgan fingerprint density at radius 1 is 0.946 bits per heavy atom. The molecule has 3 heterocycles. The van der Waals surface area contributed by atoms with Crippen LogP contribution < -0.4 is 10.6 Å². The fraction of sp³-hybridized carbons (Fsp3) is 0.185. The Hall–Kier alpha value is -4.60. The molecule has 1 aliphatic rings. The first-order valence-corrected chi connectivity index (χ1v) is 11.6. The Balaban J connectivity index is 1.39. The summed E-state index contributed by atoms with van der Waals surface area (Å²) in [6.07, 6.45) is 4.98. The van der Waals surface area contributed by atoms with Gasteiger partial charge in [-0.25, -0.2) is 18.7 Å². The summed E-state index contributed by atoms with van der Waals surface area (Å²) in [5.74, 6) is -0.0701. The standard InChI is InChI=1S/C27H22F2N6O2/c1-15-2-5-20(34-27(37)17-6-7-31-23(9-17)25(28)29)10-21(15)18-8-19(13-30-12-18)22-11-24(33-14-32-22)35-26(36)16-3-4-16/h2,5-14,16,25H,3-4H2,1H3,(H,34,37)(H,32,33,35,36). The highest BCUT2D eigenvalue weighted by molar-refractivity contribution is 6.04. The van der Waals surface area contributed by atoms with Gasteiger partial charge in [0, 0.05) is 53.0 Å². The van der Waals surface area contributed by atoms with Gasteiger partial charge in [0.1, 0.15) is 17.8 Å². The quantitative estimate of drug-likeness (QED) is 0.349. The Bertz CT molecular complexity index is 1490. The number of carbonyl (C=O) groups is 2. The van der Waals surface area contributed by atoms with Crippen molar-refractivity contribution in [2.75, 3.05) is 10.6 Å². The molecule has 0 atom stereocenters. The predicted octanol–water partition coefficient (Wildman–Crippen LogP) is 5.45. The second-order valence-electron chi connectivity index (χ2n) is 8.77. The van der Waals surface area contributed by atoms with Crippen molar-refractivity contribution in [1.82, 2.24) is 19.9 Å². The summed E-state index contributed by atoms with van der Waals surface area (Å²) in [6, 6.07) is 11.5. The molecule has 37 heavy (non-hydrogen) atoms. The van der Waals surface area contributed by atoms with E-state index in [-0.39, 0.29) is 17.4 Å². The van der Waals surface area contributed by atoms with Crippen LogP contribution in [-0.2, 0) is 4.79 Å². The minimum atomic E-state index is -2.76. The van der Waals surface area contributed by atoms with Crippen LogP contribution in [0.5, 0.6) is 0 Å². The molecular formula is C27H22F2N6O2. The lowest BCUT2D eigenvalue weighted by Crippen LogP contribution is -2.14. The summed E-state index contributed by atoms with van der Waals surface area (Å²) in [5.41, 5.74) is 4.02. The summed E-state index contributed by atoms with van der Waals surface area (Å²) in [5, 5.41) is 5.58. The first-order valence-electron chi connectivity index (χ1n) is 11.6. The first-order chi connectivity index (χ1) is 17.9. The van der Waals surface area contributed by atoms with E-state index in [0.29, 0.717) is 17.2 Å². The molecule has 1 aromatic carbocycles. The second kappa shape index (κ2) is 10.2. The number of aryl methyl sites for hydroxylation is 1. The molecule has 0 bridgehead atoms. The number of carbonyl (C=O) groups excluding carboxylic acids is 2. The highest BCUT2D eigenvalue weighted by Crippen LogP contribution is 2.31. The lowest BCUT2D eigenvalue weighted by Gasteiger charge is -2.12. The van der Waals surface area contributed by atoms with Gasteiger partial charge >= 0.3 is 0 Å². The van der Waals surface area contributed by atoms with Crippen molar-refractivity contribution in [2.45, 2.75) is 26.2 Å². The third-order valence-corrected chi connectivity index (χ3v) is 5.97. The second-order valence-corrected chi connectivity index (χ2v) is 8.77. The number of halogens is 2. The number of anilines is 2. The third kappa shape index (κ3) is 5.64. The van der Waals surface area contributed by atoms with Gasteiger partial charge < -0.3 is 10.6 Å². The molecule has 1 aliphatic carbocycles. The van der Waals surface area contributed by atoms with Gasteiger partial charge in [0.25, 0.3) is 12.3 Å². The maximum absolute atomic E-state index is 13.0. The number of benzene rings is 1. The first kappa shape index (κ1) is 24.1. The zero-order chi connectivity index (χ0) is 25.9. The molecular weight excluding hydrogens is 478 g/mol. The molecule has 0 aliphatic heterocycles. The van der Waals surface area contributed by atoms with Gasteiger partial charge in [-0.1, -0.05) is 6.07 Å². The maximum atomic E-state index is 13.0. The molecule has 0 radical (unpaired) electrons. The van der Waals surface area contributed by atoms with Crippen molar-refractivity contribution in [3.63, 3.8) is 0 Å². The summed E-state index contributed by atoms with van der Waals surface area (Å²) >= 11 is 0. The molecule has 0 spiro atoms. The summed E-state index contributed by atoms with van der Waals surface area (Å²) in [6.45, 7) is 1.93. The average molecular weight is 501 g/mol. The van der Waals surface area contributed by atoms with Crippen LogP contribution in [0.3, 0.4) is 0 Å². The lowest BCUT2D eigenvalue weighted by atomic mass is 9.99. The summed E-state index contributed by atoms with van der Waals surface area (Å²) in [7, 11) is 0. The minimum absolute atomic E-state index is 0.0387. The van der Waals surface area contributed by atoms with E-state index in [0.717, 1.165) is 41.2 Å². The molecule has 3 aromatic heterocycles. The van der Waals surface area contributed by atoms with Crippen molar-refractivity contribution in [3.8, 4) is 22.4 Å². The number of nitrogens with zero attached hydrogens (tertiary/aromatic N) is 4. The summed E-state index contributed by atoms with van der Waals surface area (Å²) < 4.78 is 25.9. The molecule has 8 nitrogen and oxygen atoms in total. The number of amides is 2. The monoisotopic (exact) mass is 500 g/mol. The molecule has 1 saturated carbocycles. The van der Waals surface area contributed by atoms with E-state index in [2.05, 4.69) is 30.6 Å². The van der Waals surface area contributed by atoms with Crippen LogP contribution in [0.2, 0.25) is 0 Å². The van der Waals surface area contributed by atoms with Crippen LogP contribution in [-0.4, -0.2) is 31.8 Å². The van der Waals surface area contributed by atoms with E-state index in [1.165, 1.54) is 18.6 Å². The van der Waals surface area contributed by atoms with Gasteiger partial charge in [-0.05, 0) is 61.2 Å². The number of hydrogen-bond acceptors (Lipinski definition) is 6. The van der Waals surface area contributed by atoms with E-state index in [1.807, 2.05) is 19.1 Å². The fourth-order valence-electron chi connectivity index (χ4n) is 3.81. The maximum Gasteiger partial charge on any atom is 0.280 e. The van der Waals surface area contributed by atoms with Crippen molar-refractivity contribution in [1.29, 1.82) is 0 Å². The van der Waals surface area contributed by atoms with Crippen LogP contribution in [0, 0.1) is 12.8 Å². The number of alkyl halides is 2. The van der Waals surface area contributed by atoms with Gasteiger partial charge in [0.2, 0.25) is 5.91 Å². The van der Waals surface area contributed by atoms with Gasteiger partial charge in [-0.15, -0.1) is 0 Å².